The highest BCUT2D eigenvalue weighted by Crippen LogP contribution is 2.35. The Morgan fingerprint density at radius 1 is 0.930 bits per heavy atom. The van der Waals surface area contributed by atoms with Crippen molar-refractivity contribution in [3.63, 3.8) is 0 Å². The second kappa shape index (κ2) is 11.6. The topological polar surface area (TPSA) is 101 Å². The molecular weight excluding hydrogens is 544 g/mol. The molecule has 7 rings (SSSR count). The van der Waals surface area contributed by atoms with E-state index in [0.717, 1.165) is 97.7 Å². The first-order chi connectivity index (χ1) is 21.0. The molecule has 0 saturated carbocycles. The molecule has 0 unspecified atom stereocenters. The molecule has 5 heterocycles. The molecule has 0 radical (unpaired) electrons. The minimum Gasteiger partial charge on any atom is -0.445 e. The second-order valence-electron chi connectivity index (χ2n) is 11.9. The van der Waals surface area contributed by atoms with Crippen LogP contribution in [-0.4, -0.2) is 108 Å². The summed E-state index contributed by atoms with van der Waals surface area (Å²) in [5, 5.41) is 2.18. The van der Waals surface area contributed by atoms with E-state index < -0.39 is 0 Å². The number of nitrogens with one attached hydrogen (secondary N) is 1. The van der Waals surface area contributed by atoms with Crippen molar-refractivity contribution in [2.75, 3.05) is 75.8 Å². The van der Waals surface area contributed by atoms with Gasteiger partial charge in [-0.15, -0.1) is 0 Å². The molecule has 3 aliphatic rings. The van der Waals surface area contributed by atoms with Gasteiger partial charge < -0.3 is 34.2 Å². The van der Waals surface area contributed by atoms with Crippen LogP contribution in [0.25, 0.3) is 21.9 Å². The highest BCUT2D eigenvalue weighted by atomic mass is 16.6. The van der Waals surface area contributed by atoms with Crippen molar-refractivity contribution in [1.29, 1.82) is 0 Å². The first-order valence-corrected chi connectivity index (χ1v) is 15.3. The fraction of sp³-hybridized carbons (Fsp3) is 0.438. The summed E-state index contributed by atoms with van der Waals surface area (Å²) in [4.78, 5) is 48.1. The van der Waals surface area contributed by atoms with Gasteiger partial charge in [-0.2, -0.15) is 0 Å². The number of carbonyl (C=O) groups is 2. The van der Waals surface area contributed by atoms with Gasteiger partial charge in [-0.3, -0.25) is 0 Å². The number of piperazine rings is 1. The van der Waals surface area contributed by atoms with Crippen molar-refractivity contribution in [3.8, 4) is 0 Å². The number of likely N-dealkylation sites (N-methyl/N-ethyl adjacent to an activating group) is 1. The molecule has 224 valence electrons. The predicted octanol–water partition coefficient (Wildman–Crippen LogP) is 4.15. The quantitative estimate of drug-likeness (QED) is 0.365. The van der Waals surface area contributed by atoms with Crippen LogP contribution in [0, 0.1) is 5.92 Å². The lowest BCUT2D eigenvalue weighted by Gasteiger charge is -2.35. The van der Waals surface area contributed by atoms with Crippen LogP contribution in [0.5, 0.6) is 0 Å². The summed E-state index contributed by atoms with van der Waals surface area (Å²) in [5.41, 5.74) is 3.98. The third-order valence-electron chi connectivity index (χ3n) is 9.16. The smallest absolute Gasteiger partial charge is 0.410 e. The van der Waals surface area contributed by atoms with Crippen molar-refractivity contribution in [3.05, 3.63) is 60.4 Å². The Morgan fingerprint density at radius 2 is 1.72 bits per heavy atom. The van der Waals surface area contributed by atoms with E-state index in [1.807, 2.05) is 42.3 Å². The number of ether oxygens (including phenoxy) is 1. The van der Waals surface area contributed by atoms with E-state index in [4.69, 9.17) is 9.72 Å². The number of amides is 3. The number of hydrogen-bond donors (Lipinski definition) is 1. The number of rotatable bonds is 6. The van der Waals surface area contributed by atoms with Gasteiger partial charge in [0.1, 0.15) is 24.4 Å². The summed E-state index contributed by atoms with van der Waals surface area (Å²) in [7, 11) is 1.88. The van der Waals surface area contributed by atoms with Crippen LogP contribution in [0.2, 0.25) is 0 Å². The van der Waals surface area contributed by atoms with Gasteiger partial charge in [-0.05, 0) is 42.5 Å². The van der Waals surface area contributed by atoms with Gasteiger partial charge >= 0.3 is 12.1 Å². The van der Waals surface area contributed by atoms with E-state index in [2.05, 4.69) is 38.0 Å². The summed E-state index contributed by atoms with van der Waals surface area (Å²) >= 11 is 0. The molecule has 2 aromatic carbocycles. The maximum Gasteiger partial charge on any atom is 0.410 e. The average molecular weight is 583 g/mol. The molecular formula is C32H38N8O3. The standard InChI is InChI=1S/C32H38N8O3/c1-36-13-14-40(31(36)41)20-23-9-11-38(12-10-23)30-28-26-8-7-25(19-27(26)35-29(28)33-22-34-30)37-15-17-39(18-16-37)32(42)43-21-24-5-3-2-4-6-24/h2-8,19,22-23H,9-18,20-21H2,1H3,(H,33,34,35). The highest BCUT2D eigenvalue weighted by molar-refractivity contribution is 6.11. The van der Waals surface area contributed by atoms with E-state index in [1.54, 1.807) is 16.1 Å². The molecule has 43 heavy (non-hydrogen) atoms. The molecule has 0 atom stereocenters. The number of benzene rings is 2. The number of urea groups is 1. The van der Waals surface area contributed by atoms with Crippen molar-refractivity contribution in [2.24, 2.45) is 5.92 Å². The van der Waals surface area contributed by atoms with E-state index in [-0.39, 0.29) is 18.7 Å². The van der Waals surface area contributed by atoms with Gasteiger partial charge in [0.25, 0.3) is 0 Å². The van der Waals surface area contributed by atoms with Gasteiger partial charge in [0.2, 0.25) is 0 Å². The minimum absolute atomic E-state index is 0.154. The van der Waals surface area contributed by atoms with Crippen molar-refractivity contribution >= 4 is 45.6 Å². The van der Waals surface area contributed by atoms with E-state index >= 15 is 0 Å². The fourth-order valence-electron chi connectivity index (χ4n) is 6.61. The van der Waals surface area contributed by atoms with Gasteiger partial charge in [0.15, 0.2) is 0 Å². The molecule has 4 aromatic rings. The fourth-order valence-corrected chi connectivity index (χ4v) is 6.61. The van der Waals surface area contributed by atoms with Gasteiger partial charge in [-0.25, -0.2) is 19.6 Å². The normalized spacial score (nSPS) is 18.3. The Kier molecular flexibility index (Phi) is 7.38. The predicted molar refractivity (Wildman–Crippen MR) is 166 cm³/mol. The van der Waals surface area contributed by atoms with E-state index in [0.29, 0.717) is 19.0 Å². The number of aromatic nitrogens is 3. The maximum absolute atomic E-state index is 12.6. The number of fused-ring (bicyclic) bond motifs is 3. The van der Waals surface area contributed by atoms with Crippen LogP contribution >= 0.6 is 0 Å². The lowest BCUT2D eigenvalue weighted by molar-refractivity contribution is 0.0942. The van der Waals surface area contributed by atoms with Gasteiger partial charge in [0, 0.05) is 82.5 Å². The van der Waals surface area contributed by atoms with Gasteiger partial charge in [-0.1, -0.05) is 30.3 Å². The second-order valence-corrected chi connectivity index (χ2v) is 11.9. The average Bonchev–Trinajstić information content (AvgIpc) is 3.59. The van der Waals surface area contributed by atoms with E-state index in [1.165, 1.54) is 0 Å². The van der Waals surface area contributed by atoms with Gasteiger partial charge in [0.05, 0.1) is 5.39 Å². The summed E-state index contributed by atoms with van der Waals surface area (Å²) < 4.78 is 5.53. The molecule has 11 nitrogen and oxygen atoms in total. The lowest BCUT2D eigenvalue weighted by atomic mass is 9.96. The van der Waals surface area contributed by atoms with Crippen LogP contribution in [-0.2, 0) is 11.3 Å². The molecule has 3 saturated heterocycles. The zero-order valence-corrected chi connectivity index (χ0v) is 24.6. The van der Waals surface area contributed by atoms with Crippen LogP contribution in [0.1, 0.15) is 18.4 Å². The Bertz CT molecular complexity index is 1610. The minimum atomic E-state index is -0.262. The largest absolute Gasteiger partial charge is 0.445 e. The summed E-state index contributed by atoms with van der Waals surface area (Å²) in [5.74, 6) is 1.49. The molecule has 3 aliphatic heterocycles. The number of carbonyl (C=O) groups excluding carboxylic acids is 2. The molecule has 2 aromatic heterocycles. The molecule has 0 bridgehead atoms. The molecule has 1 N–H and O–H groups in total. The Hall–Kier alpha value is -4.54. The Morgan fingerprint density at radius 3 is 2.47 bits per heavy atom. The monoisotopic (exact) mass is 582 g/mol. The molecule has 11 heteroatoms. The third kappa shape index (κ3) is 5.51. The summed E-state index contributed by atoms with van der Waals surface area (Å²) in [6, 6.07) is 16.4. The van der Waals surface area contributed by atoms with Crippen molar-refractivity contribution < 1.29 is 14.3 Å². The SMILES string of the molecule is CN1CCN(CC2CCN(c3ncnc4[nH]c5cc(N6CCN(C(=O)OCc7ccccc7)CC6)ccc5c34)CC2)C1=O. The van der Waals surface area contributed by atoms with Crippen LogP contribution < -0.4 is 9.80 Å². The summed E-state index contributed by atoms with van der Waals surface area (Å²) in [6.45, 7) is 7.33. The number of aromatic amines is 1. The molecule has 0 aliphatic carbocycles. The Labute approximate surface area is 251 Å². The van der Waals surface area contributed by atoms with Crippen LogP contribution in [0.15, 0.2) is 54.9 Å². The van der Waals surface area contributed by atoms with Crippen molar-refractivity contribution in [1.82, 2.24) is 29.7 Å². The van der Waals surface area contributed by atoms with E-state index in [9.17, 15) is 9.59 Å². The summed E-state index contributed by atoms with van der Waals surface area (Å²) in [6.07, 6.45) is 3.46. The molecule has 0 spiro atoms. The number of piperidine rings is 1. The van der Waals surface area contributed by atoms with Crippen LogP contribution in [0.3, 0.4) is 0 Å². The zero-order chi connectivity index (χ0) is 29.3. The van der Waals surface area contributed by atoms with Crippen LogP contribution in [0.4, 0.5) is 21.1 Å². The highest BCUT2D eigenvalue weighted by Gasteiger charge is 2.30. The third-order valence-corrected chi connectivity index (χ3v) is 9.16. The first-order valence-electron chi connectivity index (χ1n) is 15.3. The molecule has 3 fully saturated rings. The zero-order valence-electron chi connectivity index (χ0n) is 24.6. The maximum atomic E-state index is 12.6. The number of anilines is 2. The molecule has 3 amide bonds. The number of H-pyrrole nitrogens is 1. The number of nitrogens with zero attached hydrogens (tertiary/aromatic N) is 7. The lowest BCUT2D eigenvalue weighted by Crippen LogP contribution is -2.48. The van der Waals surface area contributed by atoms with Crippen molar-refractivity contribution in [2.45, 2.75) is 19.4 Å². The Balaban J connectivity index is 0.996. The first kappa shape index (κ1) is 27.3. The number of hydrogen-bond acceptors (Lipinski definition) is 7.